The van der Waals surface area contributed by atoms with E-state index >= 15 is 4.39 Å². The van der Waals surface area contributed by atoms with Crippen molar-refractivity contribution in [1.82, 2.24) is 20.2 Å². The van der Waals surface area contributed by atoms with Crippen LogP contribution in [0.2, 0.25) is 5.02 Å². The summed E-state index contributed by atoms with van der Waals surface area (Å²) in [5.41, 5.74) is 12.2. The summed E-state index contributed by atoms with van der Waals surface area (Å²) in [7, 11) is 1.47. The van der Waals surface area contributed by atoms with E-state index in [0.29, 0.717) is 53.4 Å². The first kappa shape index (κ1) is 34.3. The van der Waals surface area contributed by atoms with Gasteiger partial charge < -0.3 is 30.3 Å². The van der Waals surface area contributed by atoms with Crippen LogP contribution in [0.25, 0.3) is 33.3 Å². The number of ether oxygens (including phenoxy) is 2. The largest absolute Gasteiger partial charge is 0.508 e. The highest BCUT2D eigenvalue weighted by Crippen LogP contribution is 2.40. The molecule has 260 valence electrons. The average molecular weight is 707 g/mol. The standard InChI is InChI=1S/C24H21ClFN5O3.C15H15NO/c1-33-22-5-4-20(29-30-22)24(32)16-11-17(19(26)12-18(16)25)23-15-3-2-14(10-21(15)27-13-28-23)31-6-8-34-9-7-31;16-15-9-14(15)11-6-4-10(5-7-11)12-2-1-3-13(17)8-12/h2-5,10-13,24,32H,6-9H2,1H3;1-8,14-15,17H,9,16H2/t24-;/m0./s1. The highest BCUT2D eigenvalue weighted by Gasteiger charge is 2.34. The Morgan fingerprint density at radius 2 is 1.73 bits per heavy atom. The van der Waals surface area contributed by atoms with Gasteiger partial charge in [0.05, 0.1) is 37.2 Å². The molecule has 51 heavy (non-hydrogen) atoms. The number of nitrogens with zero attached hydrogens (tertiary/aromatic N) is 5. The first-order valence-electron chi connectivity index (χ1n) is 16.6. The molecule has 12 heteroatoms. The van der Waals surface area contributed by atoms with Crippen LogP contribution in [0, 0.1) is 5.82 Å². The number of benzene rings is 4. The molecule has 0 bridgehead atoms. The van der Waals surface area contributed by atoms with E-state index in [1.165, 1.54) is 31.1 Å². The molecule has 1 aliphatic carbocycles. The Bertz CT molecular complexity index is 2150. The Kier molecular flexibility index (Phi) is 10.0. The Balaban J connectivity index is 0.000000199. The van der Waals surface area contributed by atoms with E-state index in [1.807, 2.05) is 30.3 Å². The van der Waals surface area contributed by atoms with Crippen molar-refractivity contribution in [2.45, 2.75) is 24.5 Å². The van der Waals surface area contributed by atoms with Gasteiger partial charge in [0.1, 0.15) is 24.0 Å². The number of methoxy groups -OCH3 is 1. The highest BCUT2D eigenvalue weighted by atomic mass is 35.5. The molecule has 8 rings (SSSR count). The number of rotatable bonds is 7. The van der Waals surface area contributed by atoms with Crippen molar-refractivity contribution in [2.75, 3.05) is 38.3 Å². The minimum Gasteiger partial charge on any atom is -0.508 e. The SMILES string of the molecule is COc1ccc([C@@H](O)c2cc(-c3ncnc4cc(N5CCOCC5)ccc34)c(F)cc2Cl)nn1.NC1CC1c1ccc(-c2cccc(O)c2)cc1. The van der Waals surface area contributed by atoms with Crippen molar-refractivity contribution in [2.24, 2.45) is 5.73 Å². The van der Waals surface area contributed by atoms with Crippen LogP contribution in [0.4, 0.5) is 10.1 Å². The van der Waals surface area contributed by atoms with Crippen LogP contribution in [-0.4, -0.2) is 69.8 Å². The van der Waals surface area contributed by atoms with Gasteiger partial charge in [-0.25, -0.2) is 14.4 Å². The zero-order valence-electron chi connectivity index (χ0n) is 27.8. The molecule has 4 aromatic carbocycles. The molecule has 0 amide bonds. The smallest absolute Gasteiger partial charge is 0.233 e. The van der Waals surface area contributed by atoms with E-state index in [1.54, 1.807) is 24.3 Å². The molecule has 1 saturated heterocycles. The fourth-order valence-corrected chi connectivity index (χ4v) is 6.44. The van der Waals surface area contributed by atoms with Crippen molar-refractivity contribution in [3.8, 4) is 34.0 Å². The van der Waals surface area contributed by atoms with E-state index in [0.717, 1.165) is 36.3 Å². The molecule has 2 fully saturated rings. The maximum absolute atomic E-state index is 15.1. The number of fused-ring (bicyclic) bond motifs is 1. The third-order valence-corrected chi connectivity index (χ3v) is 9.47. The Morgan fingerprint density at radius 3 is 2.41 bits per heavy atom. The molecule has 3 atom stereocenters. The van der Waals surface area contributed by atoms with E-state index < -0.39 is 11.9 Å². The second-order valence-corrected chi connectivity index (χ2v) is 12.9. The summed E-state index contributed by atoms with van der Waals surface area (Å²) < 4.78 is 25.5. The van der Waals surface area contributed by atoms with Crippen LogP contribution in [0.1, 0.15) is 35.3 Å². The van der Waals surface area contributed by atoms with Gasteiger partial charge in [-0.1, -0.05) is 48.0 Å². The third kappa shape index (κ3) is 7.62. The molecular weight excluding hydrogens is 671 g/mol. The number of aliphatic hydroxyl groups excluding tert-OH is 1. The minimum atomic E-state index is -1.22. The monoisotopic (exact) mass is 706 g/mol. The Hall–Kier alpha value is -5.20. The Labute approximate surface area is 299 Å². The third-order valence-electron chi connectivity index (χ3n) is 9.14. The van der Waals surface area contributed by atoms with Crippen molar-refractivity contribution in [3.05, 3.63) is 125 Å². The van der Waals surface area contributed by atoms with Crippen LogP contribution < -0.4 is 15.4 Å². The highest BCUT2D eigenvalue weighted by molar-refractivity contribution is 6.31. The summed E-state index contributed by atoms with van der Waals surface area (Å²) in [6.07, 6.45) is 1.29. The second kappa shape index (κ2) is 15.0. The number of aromatic nitrogens is 4. The fraction of sp³-hybridized carbons (Fsp3) is 0.231. The van der Waals surface area contributed by atoms with Crippen molar-refractivity contribution < 1.29 is 24.1 Å². The van der Waals surface area contributed by atoms with Crippen LogP contribution in [-0.2, 0) is 4.74 Å². The summed E-state index contributed by atoms with van der Waals surface area (Å²) in [6.45, 7) is 2.94. The van der Waals surface area contributed by atoms with Crippen LogP contribution in [0.3, 0.4) is 0 Å². The molecule has 0 radical (unpaired) electrons. The number of nitrogens with two attached hydrogens (primary N) is 1. The summed E-state index contributed by atoms with van der Waals surface area (Å²) in [5.74, 6) is 0.605. The number of aromatic hydroxyl groups is 1. The molecule has 3 heterocycles. The number of hydrogen-bond donors (Lipinski definition) is 3. The molecule has 2 aromatic heterocycles. The first-order valence-corrected chi connectivity index (χ1v) is 16.9. The molecule has 2 unspecified atom stereocenters. The van der Waals surface area contributed by atoms with Crippen LogP contribution in [0.5, 0.6) is 11.6 Å². The lowest BCUT2D eigenvalue weighted by Crippen LogP contribution is -2.36. The number of phenolic OH excluding ortho intramolecular Hbond substituents is 1. The number of halogens is 2. The molecule has 1 aliphatic heterocycles. The molecular formula is C39H36ClFN6O4. The summed E-state index contributed by atoms with van der Waals surface area (Å²) in [4.78, 5) is 11.0. The molecule has 4 N–H and O–H groups in total. The maximum Gasteiger partial charge on any atom is 0.233 e. The molecule has 2 aliphatic rings. The maximum atomic E-state index is 15.1. The van der Waals surface area contributed by atoms with Gasteiger partial charge in [-0.15, -0.1) is 10.2 Å². The number of aliphatic hydroxyl groups is 1. The van der Waals surface area contributed by atoms with E-state index in [-0.39, 0.29) is 21.8 Å². The Morgan fingerprint density at radius 1 is 0.941 bits per heavy atom. The predicted octanol–water partition coefficient (Wildman–Crippen LogP) is 6.68. The lowest BCUT2D eigenvalue weighted by molar-refractivity contribution is 0.122. The van der Waals surface area contributed by atoms with Crippen molar-refractivity contribution in [1.29, 1.82) is 0 Å². The topological polar surface area (TPSA) is 140 Å². The fourth-order valence-electron chi connectivity index (χ4n) is 6.19. The van der Waals surface area contributed by atoms with Gasteiger partial charge in [0.15, 0.2) is 0 Å². The van der Waals surface area contributed by atoms with E-state index in [2.05, 4.69) is 49.3 Å². The van der Waals surface area contributed by atoms with Crippen LogP contribution >= 0.6 is 11.6 Å². The van der Waals surface area contributed by atoms with Gasteiger partial charge >= 0.3 is 0 Å². The van der Waals surface area contributed by atoms with Gasteiger partial charge in [0.25, 0.3) is 0 Å². The van der Waals surface area contributed by atoms with Crippen LogP contribution in [0.15, 0.2) is 97.3 Å². The van der Waals surface area contributed by atoms with Gasteiger partial charge in [-0.2, -0.15) is 0 Å². The lowest BCUT2D eigenvalue weighted by atomic mass is 9.99. The molecule has 6 aromatic rings. The average Bonchev–Trinajstić information content (AvgIpc) is 3.91. The van der Waals surface area contributed by atoms with E-state index in [4.69, 9.17) is 26.8 Å². The van der Waals surface area contributed by atoms with Gasteiger partial charge in [0, 0.05) is 58.3 Å². The van der Waals surface area contributed by atoms with Gasteiger partial charge in [-0.05, 0) is 71.6 Å². The normalized spacial score (nSPS) is 17.4. The summed E-state index contributed by atoms with van der Waals surface area (Å²) >= 11 is 6.30. The number of phenols is 1. The molecule has 0 spiro atoms. The zero-order valence-corrected chi connectivity index (χ0v) is 28.5. The number of hydrogen-bond acceptors (Lipinski definition) is 10. The summed E-state index contributed by atoms with van der Waals surface area (Å²) in [5, 5.41) is 29.0. The lowest BCUT2D eigenvalue weighted by Gasteiger charge is -2.29. The first-order chi connectivity index (χ1) is 24.8. The number of morpholine rings is 1. The summed E-state index contributed by atoms with van der Waals surface area (Å²) in [6, 6.07) is 27.7. The molecule has 10 nitrogen and oxygen atoms in total. The predicted molar refractivity (Wildman–Crippen MR) is 194 cm³/mol. The second-order valence-electron chi connectivity index (χ2n) is 12.5. The molecule has 1 saturated carbocycles. The minimum absolute atomic E-state index is 0.0688. The number of anilines is 1. The van der Waals surface area contributed by atoms with Crippen molar-refractivity contribution >= 4 is 28.2 Å². The van der Waals surface area contributed by atoms with Crippen molar-refractivity contribution in [3.63, 3.8) is 0 Å². The quantitative estimate of drug-likeness (QED) is 0.165. The van der Waals surface area contributed by atoms with E-state index in [9.17, 15) is 10.2 Å². The van der Waals surface area contributed by atoms with Gasteiger partial charge in [-0.3, -0.25) is 0 Å². The zero-order chi connectivity index (χ0) is 35.5. The van der Waals surface area contributed by atoms with Gasteiger partial charge in [0.2, 0.25) is 5.88 Å².